The fourth-order valence-electron chi connectivity index (χ4n) is 3.28. The van der Waals surface area contributed by atoms with Crippen LogP contribution in [0.1, 0.15) is 16.7 Å². The van der Waals surface area contributed by atoms with Crippen molar-refractivity contribution < 1.29 is 14.6 Å². The molecule has 3 aromatic rings. The number of thioether (sulfide) groups is 1. The Morgan fingerprint density at radius 2 is 1.68 bits per heavy atom. The van der Waals surface area contributed by atoms with E-state index < -0.39 is 17.1 Å². The molecule has 0 unspecified atom stereocenters. The molecule has 2 aromatic carbocycles. The van der Waals surface area contributed by atoms with Crippen LogP contribution in [0.5, 0.6) is 11.6 Å². The highest BCUT2D eigenvalue weighted by atomic mass is 32.2. The molecule has 0 saturated heterocycles. The van der Waals surface area contributed by atoms with Gasteiger partial charge in [-0.15, -0.1) is 0 Å². The van der Waals surface area contributed by atoms with Gasteiger partial charge in [-0.25, -0.2) is 9.79 Å². The Labute approximate surface area is 200 Å². The third kappa shape index (κ3) is 5.23. The molecular formula is C24H26N4O5S. The first-order valence-electron chi connectivity index (χ1n) is 10.3. The summed E-state index contributed by atoms with van der Waals surface area (Å²) in [5.41, 5.74) is 1.51. The molecule has 10 heteroatoms. The number of nitrogens with zero attached hydrogens (tertiary/aromatic N) is 3. The molecule has 2 N–H and O–H groups in total. The summed E-state index contributed by atoms with van der Waals surface area (Å²) in [7, 11) is 4.21. The van der Waals surface area contributed by atoms with Crippen LogP contribution >= 0.6 is 11.8 Å². The number of aromatic nitrogens is 2. The van der Waals surface area contributed by atoms with Crippen LogP contribution in [-0.2, 0) is 18.9 Å². The lowest BCUT2D eigenvalue weighted by Gasteiger charge is -2.14. The monoisotopic (exact) mass is 482 g/mol. The van der Waals surface area contributed by atoms with Gasteiger partial charge in [0.15, 0.2) is 0 Å². The topological polar surface area (TPSA) is 115 Å². The van der Waals surface area contributed by atoms with Crippen molar-refractivity contribution in [1.29, 1.82) is 0 Å². The second-order valence-corrected chi connectivity index (χ2v) is 8.59. The molecule has 178 valence electrons. The minimum atomic E-state index is -0.712. The maximum Gasteiger partial charge on any atom is 0.333 e. The van der Waals surface area contributed by atoms with Crippen molar-refractivity contribution in [3.8, 4) is 11.6 Å². The van der Waals surface area contributed by atoms with E-state index in [2.05, 4.69) is 10.3 Å². The van der Waals surface area contributed by atoms with Crippen molar-refractivity contribution in [2.24, 2.45) is 19.1 Å². The fourth-order valence-corrected chi connectivity index (χ4v) is 4.11. The standard InChI is InChI=1S/C24H26N4O5S/c1-14-7-6-8-15(2)20(14)26-18(29)13-34-21(25-16-9-11-17(33-5)12-10-16)19-22(30)27(3)24(32)28(4)23(19)31/h6-12,30H,13H2,1-5H3,(H,26,29). The molecule has 0 aliphatic heterocycles. The molecule has 9 nitrogen and oxygen atoms in total. The fraction of sp³-hybridized carbons (Fsp3) is 0.250. The number of aromatic hydroxyl groups is 1. The van der Waals surface area contributed by atoms with Gasteiger partial charge in [-0.05, 0) is 49.2 Å². The summed E-state index contributed by atoms with van der Waals surface area (Å²) in [6, 6.07) is 12.5. The normalized spacial score (nSPS) is 11.4. The number of hydrogen-bond acceptors (Lipinski definition) is 7. The Morgan fingerprint density at radius 1 is 1.06 bits per heavy atom. The van der Waals surface area contributed by atoms with Gasteiger partial charge in [0, 0.05) is 19.8 Å². The molecule has 0 fully saturated rings. The average Bonchev–Trinajstić information content (AvgIpc) is 2.82. The lowest BCUT2D eigenvalue weighted by molar-refractivity contribution is -0.113. The van der Waals surface area contributed by atoms with Gasteiger partial charge in [0.1, 0.15) is 16.4 Å². The van der Waals surface area contributed by atoms with Crippen molar-refractivity contribution in [2.45, 2.75) is 13.8 Å². The molecule has 0 atom stereocenters. The highest BCUT2D eigenvalue weighted by molar-refractivity contribution is 8.15. The zero-order chi connectivity index (χ0) is 25.0. The third-order valence-corrected chi connectivity index (χ3v) is 6.21. The van der Waals surface area contributed by atoms with Gasteiger partial charge in [0.2, 0.25) is 11.8 Å². The first kappa shape index (κ1) is 24.8. The summed E-state index contributed by atoms with van der Waals surface area (Å²) in [5, 5.41) is 13.6. The molecule has 0 spiro atoms. The van der Waals surface area contributed by atoms with E-state index >= 15 is 0 Å². The zero-order valence-corrected chi connectivity index (χ0v) is 20.4. The molecule has 0 saturated carbocycles. The average molecular weight is 483 g/mol. The van der Waals surface area contributed by atoms with Crippen LogP contribution in [0, 0.1) is 13.8 Å². The summed E-state index contributed by atoms with van der Waals surface area (Å²) in [6.07, 6.45) is 0. The number of nitrogens with one attached hydrogen (secondary N) is 1. The Bertz CT molecular complexity index is 1350. The van der Waals surface area contributed by atoms with Gasteiger partial charge in [-0.1, -0.05) is 30.0 Å². The first-order chi connectivity index (χ1) is 16.1. The summed E-state index contributed by atoms with van der Waals surface area (Å²) in [4.78, 5) is 42.3. The molecule has 1 heterocycles. The number of carbonyl (C=O) groups excluding carboxylic acids is 1. The zero-order valence-electron chi connectivity index (χ0n) is 19.6. The number of para-hydroxylation sites is 1. The smallest absolute Gasteiger partial charge is 0.333 e. The maximum absolute atomic E-state index is 12.9. The number of aryl methyl sites for hydroxylation is 2. The number of ether oxygens (including phenoxy) is 1. The molecule has 34 heavy (non-hydrogen) atoms. The van der Waals surface area contributed by atoms with Gasteiger partial charge < -0.3 is 15.2 Å². The molecule has 1 amide bonds. The van der Waals surface area contributed by atoms with Crippen molar-refractivity contribution in [1.82, 2.24) is 9.13 Å². The van der Waals surface area contributed by atoms with Crippen molar-refractivity contribution >= 4 is 34.1 Å². The van der Waals surface area contributed by atoms with E-state index in [0.717, 1.165) is 37.7 Å². The van der Waals surface area contributed by atoms with Gasteiger partial charge >= 0.3 is 5.69 Å². The number of amides is 1. The van der Waals surface area contributed by atoms with Gasteiger partial charge in [0.05, 0.1) is 18.6 Å². The van der Waals surface area contributed by atoms with Gasteiger partial charge in [-0.3, -0.25) is 18.7 Å². The first-order valence-corrected chi connectivity index (χ1v) is 11.3. The van der Waals surface area contributed by atoms with Crippen LogP contribution in [0.2, 0.25) is 0 Å². The number of hydrogen-bond donors (Lipinski definition) is 2. The Hall–Kier alpha value is -3.79. The number of aliphatic imine (C=N–C) groups is 1. The van der Waals surface area contributed by atoms with E-state index in [0.29, 0.717) is 11.4 Å². The largest absolute Gasteiger partial charge is 0.497 e. The predicted molar refractivity (Wildman–Crippen MR) is 135 cm³/mol. The molecule has 0 aliphatic rings. The number of benzene rings is 2. The van der Waals surface area contributed by atoms with Crippen molar-refractivity contribution in [3.05, 3.63) is 80.0 Å². The molecule has 1 aromatic heterocycles. The van der Waals surface area contributed by atoms with E-state index in [-0.39, 0.29) is 22.3 Å². The van der Waals surface area contributed by atoms with Crippen molar-refractivity contribution in [2.75, 3.05) is 18.2 Å². The van der Waals surface area contributed by atoms with E-state index in [1.165, 1.54) is 14.1 Å². The maximum atomic E-state index is 12.9. The van der Waals surface area contributed by atoms with Crippen LogP contribution in [0.3, 0.4) is 0 Å². The van der Waals surface area contributed by atoms with Crippen LogP contribution < -0.4 is 21.3 Å². The summed E-state index contributed by atoms with van der Waals surface area (Å²) < 4.78 is 7.00. The molecule has 0 radical (unpaired) electrons. The van der Waals surface area contributed by atoms with E-state index in [4.69, 9.17) is 4.74 Å². The summed E-state index contributed by atoms with van der Waals surface area (Å²) in [6.45, 7) is 3.80. The van der Waals surface area contributed by atoms with Crippen LogP contribution in [0.4, 0.5) is 11.4 Å². The van der Waals surface area contributed by atoms with E-state index in [1.54, 1.807) is 31.4 Å². The van der Waals surface area contributed by atoms with Crippen molar-refractivity contribution in [3.63, 3.8) is 0 Å². The SMILES string of the molecule is COc1ccc(N=C(SCC(=O)Nc2c(C)cccc2C)c2c(O)n(C)c(=O)n(C)c2=O)cc1. The lowest BCUT2D eigenvalue weighted by Crippen LogP contribution is -2.39. The van der Waals surface area contributed by atoms with Gasteiger partial charge in [-0.2, -0.15) is 0 Å². The van der Waals surface area contributed by atoms with E-state index in [1.807, 2.05) is 32.0 Å². The van der Waals surface area contributed by atoms with Crippen LogP contribution in [0.15, 0.2) is 57.0 Å². The van der Waals surface area contributed by atoms with E-state index in [9.17, 15) is 19.5 Å². The highest BCUT2D eigenvalue weighted by Crippen LogP contribution is 2.25. The second-order valence-electron chi connectivity index (χ2n) is 7.62. The summed E-state index contributed by atoms with van der Waals surface area (Å²) in [5.74, 6) is -0.273. The third-order valence-electron chi connectivity index (χ3n) is 5.24. The Morgan fingerprint density at radius 3 is 2.26 bits per heavy atom. The lowest BCUT2D eigenvalue weighted by atomic mass is 10.1. The number of rotatable bonds is 6. The highest BCUT2D eigenvalue weighted by Gasteiger charge is 2.22. The Kier molecular flexibility index (Phi) is 7.62. The van der Waals surface area contributed by atoms with Crippen LogP contribution in [-0.4, -0.2) is 38.1 Å². The predicted octanol–water partition coefficient (Wildman–Crippen LogP) is 2.87. The summed E-state index contributed by atoms with van der Waals surface area (Å²) >= 11 is 0.988. The molecule has 3 rings (SSSR count). The minimum absolute atomic E-state index is 0.0752. The molecule has 0 bridgehead atoms. The number of carbonyl (C=O) groups is 1. The second kappa shape index (κ2) is 10.4. The number of methoxy groups -OCH3 is 1. The molecule has 0 aliphatic carbocycles. The van der Waals surface area contributed by atoms with Crippen LogP contribution in [0.25, 0.3) is 0 Å². The Balaban J connectivity index is 2.00. The minimum Gasteiger partial charge on any atom is -0.497 e. The quantitative estimate of drug-likeness (QED) is 0.412. The van der Waals surface area contributed by atoms with Gasteiger partial charge in [0.25, 0.3) is 5.56 Å². The number of anilines is 1. The molecular weight excluding hydrogens is 456 g/mol.